The van der Waals surface area contributed by atoms with Crippen LogP contribution in [0.4, 0.5) is 0 Å². The number of amides is 1. The van der Waals surface area contributed by atoms with Crippen molar-refractivity contribution in [2.45, 2.75) is 52.2 Å². The molecular weight excluding hydrogens is 342 g/mol. The minimum Gasteiger partial charge on any atom is -0.371 e. The van der Waals surface area contributed by atoms with Crippen molar-refractivity contribution in [3.8, 4) is 0 Å². The van der Waals surface area contributed by atoms with Crippen molar-refractivity contribution in [3.63, 3.8) is 0 Å². The molecule has 0 radical (unpaired) electrons. The first-order valence-electron chi connectivity index (χ1n) is 9.33. The molecule has 0 aliphatic heterocycles. The smallest absolute Gasteiger partial charge is 0.220 e. The summed E-state index contributed by atoms with van der Waals surface area (Å²) in [4.78, 5) is 38.4. The van der Waals surface area contributed by atoms with Gasteiger partial charge in [0.05, 0.1) is 6.04 Å². The molecule has 3 rings (SSSR count). The Hall–Kier alpha value is -2.53. The second-order valence-electron chi connectivity index (χ2n) is 7.46. The zero-order chi connectivity index (χ0) is 19.9. The van der Waals surface area contributed by atoms with Crippen LogP contribution in [-0.2, 0) is 4.79 Å². The molecule has 1 aromatic carbocycles. The summed E-state index contributed by atoms with van der Waals surface area (Å²) < 4.78 is 0. The Kier molecular flexibility index (Phi) is 4.91. The van der Waals surface area contributed by atoms with E-state index in [9.17, 15) is 19.5 Å². The number of nitrogens with one attached hydrogen (secondary N) is 1. The van der Waals surface area contributed by atoms with Crippen LogP contribution >= 0.6 is 0 Å². The van der Waals surface area contributed by atoms with Crippen molar-refractivity contribution in [1.29, 1.82) is 0 Å². The molecule has 5 heteroatoms. The van der Waals surface area contributed by atoms with Crippen molar-refractivity contribution in [2.24, 2.45) is 5.92 Å². The van der Waals surface area contributed by atoms with E-state index in [-0.39, 0.29) is 28.5 Å². The third-order valence-corrected chi connectivity index (χ3v) is 5.80. The molecule has 0 heterocycles. The first-order chi connectivity index (χ1) is 12.7. The van der Waals surface area contributed by atoms with Gasteiger partial charge < -0.3 is 10.4 Å². The van der Waals surface area contributed by atoms with Gasteiger partial charge in [-0.25, -0.2) is 0 Å². The van der Waals surface area contributed by atoms with Crippen molar-refractivity contribution in [3.05, 3.63) is 58.2 Å². The Morgan fingerprint density at radius 3 is 2.22 bits per heavy atom. The minimum absolute atomic E-state index is 0.140. The van der Waals surface area contributed by atoms with Gasteiger partial charge in [0.25, 0.3) is 0 Å². The number of hydrogen-bond donors (Lipinski definition) is 2. The number of ketones is 2. The predicted octanol–water partition coefficient (Wildman–Crippen LogP) is 2.99. The van der Waals surface area contributed by atoms with E-state index >= 15 is 0 Å². The number of Topliss-reactive ketones (excluding diaryl/α,β-unsaturated/α-hetero) is 2. The van der Waals surface area contributed by atoms with Gasteiger partial charge in [0.15, 0.2) is 0 Å². The second kappa shape index (κ2) is 6.89. The normalized spacial score (nSPS) is 24.0. The van der Waals surface area contributed by atoms with Gasteiger partial charge in [-0.05, 0) is 20.3 Å². The Morgan fingerprint density at radius 2 is 1.70 bits per heavy atom. The van der Waals surface area contributed by atoms with E-state index in [0.29, 0.717) is 12.8 Å². The SMILES string of the molecule is CCCC(=O)NC1C(C2(O)C(=O)c3ccccc3C2=O)=CC(C)=C(C)C1C. The monoisotopic (exact) mass is 367 g/mol. The molecule has 2 unspecified atom stereocenters. The second-order valence-corrected chi connectivity index (χ2v) is 7.46. The van der Waals surface area contributed by atoms with Gasteiger partial charge in [0, 0.05) is 29.0 Å². The minimum atomic E-state index is -2.27. The molecule has 0 bridgehead atoms. The summed E-state index contributed by atoms with van der Waals surface area (Å²) >= 11 is 0. The fourth-order valence-corrected chi connectivity index (χ4v) is 3.95. The summed E-state index contributed by atoms with van der Waals surface area (Å²) in [5, 5.41) is 14.3. The van der Waals surface area contributed by atoms with Crippen LogP contribution in [0.5, 0.6) is 0 Å². The highest BCUT2D eigenvalue weighted by atomic mass is 16.3. The van der Waals surface area contributed by atoms with Gasteiger partial charge in [-0.15, -0.1) is 0 Å². The summed E-state index contributed by atoms with van der Waals surface area (Å²) in [5.74, 6) is -1.54. The molecule has 0 aromatic heterocycles. The quantitative estimate of drug-likeness (QED) is 0.802. The number of carbonyl (C=O) groups excluding carboxylic acids is 3. The van der Waals surface area contributed by atoms with E-state index in [1.807, 2.05) is 27.7 Å². The fraction of sp³-hybridized carbons (Fsp3) is 0.409. The van der Waals surface area contributed by atoms with E-state index in [0.717, 1.165) is 11.1 Å². The van der Waals surface area contributed by atoms with Crippen LogP contribution in [0.25, 0.3) is 0 Å². The summed E-state index contributed by atoms with van der Waals surface area (Å²) in [6.07, 6.45) is 2.72. The molecule has 2 N–H and O–H groups in total. The lowest BCUT2D eigenvalue weighted by Gasteiger charge is -2.38. The number of fused-ring (bicyclic) bond motifs is 1. The standard InChI is InChI=1S/C22H25NO4/c1-5-8-18(24)23-19-14(4)13(3)12(2)11-17(19)22(27)20(25)15-9-6-7-10-16(15)21(22)26/h6-7,9-11,14,19,27H,5,8H2,1-4H3,(H,23,24). The Morgan fingerprint density at radius 1 is 1.15 bits per heavy atom. The van der Waals surface area contributed by atoms with Gasteiger partial charge in [0.1, 0.15) is 0 Å². The van der Waals surface area contributed by atoms with Gasteiger partial charge in [-0.3, -0.25) is 14.4 Å². The highest BCUT2D eigenvalue weighted by Crippen LogP contribution is 2.41. The van der Waals surface area contributed by atoms with Crippen LogP contribution in [0.1, 0.15) is 61.3 Å². The van der Waals surface area contributed by atoms with Crippen molar-refractivity contribution < 1.29 is 19.5 Å². The van der Waals surface area contributed by atoms with Crippen LogP contribution < -0.4 is 5.32 Å². The van der Waals surface area contributed by atoms with Crippen molar-refractivity contribution >= 4 is 17.5 Å². The predicted molar refractivity (Wildman–Crippen MR) is 103 cm³/mol. The van der Waals surface area contributed by atoms with E-state index in [1.54, 1.807) is 30.3 Å². The third-order valence-electron chi connectivity index (χ3n) is 5.80. The zero-order valence-electron chi connectivity index (χ0n) is 16.1. The largest absolute Gasteiger partial charge is 0.371 e. The molecule has 1 aromatic rings. The molecule has 2 atom stereocenters. The first kappa shape index (κ1) is 19.2. The number of carbonyl (C=O) groups is 3. The molecule has 0 saturated heterocycles. The molecular formula is C22H25NO4. The van der Waals surface area contributed by atoms with Crippen LogP contribution in [0.3, 0.4) is 0 Å². The lowest BCUT2D eigenvalue weighted by atomic mass is 9.73. The van der Waals surface area contributed by atoms with E-state index < -0.39 is 23.2 Å². The molecule has 0 fully saturated rings. The Balaban J connectivity index is 2.11. The van der Waals surface area contributed by atoms with Crippen LogP contribution in [0.15, 0.2) is 47.1 Å². The van der Waals surface area contributed by atoms with Gasteiger partial charge >= 0.3 is 0 Å². The average molecular weight is 367 g/mol. The maximum Gasteiger partial charge on any atom is 0.220 e. The third kappa shape index (κ3) is 2.86. The molecule has 1 amide bonds. The molecule has 0 spiro atoms. The highest BCUT2D eigenvalue weighted by molar-refractivity contribution is 6.34. The van der Waals surface area contributed by atoms with Gasteiger partial charge in [0.2, 0.25) is 23.1 Å². The fourth-order valence-electron chi connectivity index (χ4n) is 3.95. The molecule has 27 heavy (non-hydrogen) atoms. The lowest BCUT2D eigenvalue weighted by molar-refractivity contribution is -0.121. The lowest BCUT2D eigenvalue weighted by Crippen LogP contribution is -2.54. The molecule has 0 saturated carbocycles. The van der Waals surface area contributed by atoms with Crippen LogP contribution in [0.2, 0.25) is 0 Å². The number of benzene rings is 1. The van der Waals surface area contributed by atoms with Gasteiger partial charge in [-0.1, -0.05) is 55.3 Å². The maximum atomic E-state index is 13.0. The molecule has 142 valence electrons. The average Bonchev–Trinajstić information content (AvgIpc) is 2.85. The summed E-state index contributed by atoms with van der Waals surface area (Å²) in [6, 6.07) is 5.84. The summed E-state index contributed by atoms with van der Waals surface area (Å²) in [5.41, 5.74) is 0.378. The van der Waals surface area contributed by atoms with Gasteiger partial charge in [-0.2, -0.15) is 0 Å². The topological polar surface area (TPSA) is 83.5 Å². The highest BCUT2D eigenvalue weighted by Gasteiger charge is 2.57. The maximum absolute atomic E-state index is 13.0. The number of rotatable bonds is 4. The Bertz CT molecular complexity index is 858. The number of allylic oxidation sites excluding steroid dienone is 2. The summed E-state index contributed by atoms with van der Waals surface area (Å²) in [7, 11) is 0. The van der Waals surface area contributed by atoms with Crippen LogP contribution in [0, 0.1) is 5.92 Å². The van der Waals surface area contributed by atoms with Crippen LogP contribution in [-0.4, -0.2) is 34.2 Å². The molecule has 2 aliphatic rings. The Labute approximate surface area is 159 Å². The number of aliphatic hydroxyl groups is 1. The molecule has 2 aliphatic carbocycles. The first-order valence-corrected chi connectivity index (χ1v) is 9.33. The summed E-state index contributed by atoms with van der Waals surface area (Å²) in [6.45, 7) is 7.69. The zero-order valence-corrected chi connectivity index (χ0v) is 16.1. The van der Waals surface area contributed by atoms with E-state index in [1.165, 1.54) is 0 Å². The van der Waals surface area contributed by atoms with Crippen molar-refractivity contribution in [1.82, 2.24) is 5.32 Å². The van der Waals surface area contributed by atoms with E-state index in [2.05, 4.69) is 5.32 Å². The van der Waals surface area contributed by atoms with E-state index in [4.69, 9.17) is 0 Å². The number of hydrogen-bond acceptors (Lipinski definition) is 4. The van der Waals surface area contributed by atoms with Crippen molar-refractivity contribution in [2.75, 3.05) is 0 Å². The molecule has 5 nitrogen and oxygen atoms in total.